The standard InChI is InChI=1S/C30H32N2O3/c1-20-6-9-22(10-7-20)29-23-4-2-3-5-27(23)35-28(29)19-25-24-18-21(8-11-26(24)31-30(25)33)12-13-32-14-16-34-17-15-32/h6-11,18-19H,2-5,12-17H2,1H3,(H,31,33). The zero-order valence-electron chi connectivity index (χ0n) is 20.4. The van der Waals surface area contributed by atoms with Crippen LogP contribution in [-0.2, 0) is 28.8 Å². The van der Waals surface area contributed by atoms with Gasteiger partial charge in [0.1, 0.15) is 11.5 Å². The van der Waals surface area contributed by atoms with E-state index < -0.39 is 0 Å². The zero-order valence-corrected chi connectivity index (χ0v) is 20.4. The molecule has 6 rings (SSSR count). The molecule has 1 N–H and O–H groups in total. The van der Waals surface area contributed by atoms with Crippen molar-refractivity contribution in [1.29, 1.82) is 0 Å². The van der Waals surface area contributed by atoms with Crippen LogP contribution in [0.2, 0.25) is 0 Å². The first-order valence-electron chi connectivity index (χ1n) is 12.8. The molecular weight excluding hydrogens is 436 g/mol. The normalized spacial score (nSPS) is 19.0. The number of carbonyl (C=O) groups is 1. The number of morpholine rings is 1. The number of amides is 1. The van der Waals surface area contributed by atoms with Crippen LogP contribution in [0.4, 0.5) is 5.69 Å². The SMILES string of the molecule is Cc1ccc(-c2c(C=C3C(=O)Nc4ccc(CCN5CCOCC5)cc43)oc3c2CCCC3)cc1. The molecular formula is C30H32N2O3. The summed E-state index contributed by atoms with van der Waals surface area (Å²) in [5.74, 6) is 1.82. The van der Waals surface area contributed by atoms with Crippen LogP contribution in [-0.4, -0.2) is 43.7 Å². The number of ether oxygens (including phenoxy) is 1. The highest BCUT2D eigenvalue weighted by molar-refractivity contribution is 6.35. The first kappa shape index (κ1) is 22.3. The van der Waals surface area contributed by atoms with E-state index in [0.29, 0.717) is 5.57 Å². The van der Waals surface area contributed by atoms with Crippen molar-refractivity contribution >= 4 is 23.2 Å². The minimum absolute atomic E-state index is 0.0606. The van der Waals surface area contributed by atoms with Gasteiger partial charge in [-0.3, -0.25) is 9.69 Å². The van der Waals surface area contributed by atoms with Gasteiger partial charge >= 0.3 is 0 Å². The van der Waals surface area contributed by atoms with Gasteiger partial charge in [-0.25, -0.2) is 0 Å². The minimum atomic E-state index is -0.0606. The molecule has 1 saturated heterocycles. The Morgan fingerprint density at radius 1 is 1.03 bits per heavy atom. The molecule has 0 unspecified atom stereocenters. The van der Waals surface area contributed by atoms with Crippen molar-refractivity contribution in [1.82, 2.24) is 4.90 Å². The number of fused-ring (bicyclic) bond motifs is 2. The average Bonchev–Trinajstić information content (AvgIpc) is 3.41. The third-order valence-electron chi connectivity index (χ3n) is 7.50. The molecule has 5 nitrogen and oxygen atoms in total. The van der Waals surface area contributed by atoms with E-state index in [1.807, 2.05) is 12.1 Å². The maximum atomic E-state index is 13.0. The number of benzene rings is 2. The number of nitrogens with zero attached hydrogens (tertiary/aromatic N) is 1. The van der Waals surface area contributed by atoms with Crippen LogP contribution in [0.3, 0.4) is 0 Å². The molecule has 0 saturated carbocycles. The number of furan rings is 1. The zero-order chi connectivity index (χ0) is 23.8. The van der Waals surface area contributed by atoms with E-state index >= 15 is 0 Å². The van der Waals surface area contributed by atoms with E-state index in [4.69, 9.17) is 9.15 Å². The summed E-state index contributed by atoms with van der Waals surface area (Å²) >= 11 is 0. The number of nitrogens with one attached hydrogen (secondary N) is 1. The molecule has 1 fully saturated rings. The molecule has 180 valence electrons. The Morgan fingerprint density at radius 3 is 2.66 bits per heavy atom. The summed E-state index contributed by atoms with van der Waals surface area (Å²) in [5, 5.41) is 3.05. The molecule has 3 aliphatic rings. The largest absolute Gasteiger partial charge is 0.461 e. The second kappa shape index (κ2) is 9.48. The smallest absolute Gasteiger partial charge is 0.256 e. The van der Waals surface area contributed by atoms with Crippen molar-refractivity contribution in [3.8, 4) is 11.1 Å². The van der Waals surface area contributed by atoms with Crippen LogP contribution in [0.25, 0.3) is 22.8 Å². The number of hydrogen-bond donors (Lipinski definition) is 1. The van der Waals surface area contributed by atoms with Crippen molar-refractivity contribution in [3.05, 3.63) is 76.2 Å². The second-order valence-corrected chi connectivity index (χ2v) is 9.91. The van der Waals surface area contributed by atoms with Crippen LogP contribution in [0.15, 0.2) is 46.9 Å². The third kappa shape index (κ3) is 4.46. The van der Waals surface area contributed by atoms with Gasteiger partial charge in [-0.05, 0) is 61.9 Å². The fourth-order valence-corrected chi connectivity index (χ4v) is 5.50. The van der Waals surface area contributed by atoms with Gasteiger partial charge in [-0.15, -0.1) is 0 Å². The molecule has 0 spiro atoms. The number of anilines is 1. The average molecular weight is 469 g/mol. The van der Waals surface area contributed by atoms with Crippen LogP contribution >= 0.6 is 0 Å². The summed E-state index contributed by atoms with van der Waals surface area (Å²) in [6, 6.07) is 15.0. The van der Waals surface area contributed by atoms with E-state index in [1.54, 1.807) is 0 Å². The quantitative estimate of drug-likeness (QED) is 0.503. The minimum Gasteiger partial charge on any atom is -0.461 e. The lowest BCUT2D eigenvalue weighted by Gasteiger charge is -2.26. The molecule has 2 aromatic carbocycles. The molecule has 5 heteroatoms. The first-order chi connectivity index (χ1) is 17.2. The van der Waals surface area contributed by atoms with Crippen LogP contribution in [0, 0.1) is 6.92 Å². The molecule has 0 atom stereocenters. The first-order valence-corrected chi connectivity index (χ1v) is 12.8. The molecule has 2 aliphatic heterocycles. The van der Waals surface area contributed by atoms with Gasteiger partial charge < -0.3 is 14.5 Å². The predicted octanol–water partition coefficient (Wildman–Crippen LogP) is 5.50. The Morgan fingerprint density at radius 2 is 1.83 bits per heavy atom. The summed E-state index contributed by atoms with van der Waals surface area (Å²) in [4.78, 5) is 15.5. The number of aryl methyl sites for hydroxylation is 2. The molecule has 1 amide bonds. The van der Waals surface area contributed by atoms with Gasteiger partial charge in [0, 0.05) is 48.4 Å². The summed E-state index contributed by atoms with van der Waals surface area (Å²) in [6.45, 7) is 6.71. The molecule has 3 aromatic rings. The highest BCUT2D eigenvalue weighted by Crippen LogP contribution is 2.41. The molecule has 0 bridgehead atoms. The van der Waals surface area contributed by atoms with Crippen LogP contribution < -0.4 is 5.32 Å². The Balaban J connectivity index is 1.36. The van der Waals surface area contributed by atoms with Crippen molar-refractivity contribution in [3.63, 3.8) is 0 Å². The number of carbonyl (C=O) groups excluding carboxylic acids is 1. The van der Waals surface area contributed by atoms with Crippen molar-refractivity contribution < 1.29 is 13.9 Å². The Kier molecular flexibility index (Phi) is 6.05. The van der Waals surface area contributed by atoms with Crippen LogP contribution in [0.1, 0.15) is 46.6 Å². The highest BCUT2D eigenvalue weighted by atomic mass is 16.5. The van der Waals surface area contributed by atoms with E-state index in [0.717, 1.165) is 92.4 Å². The van der Waals surface area contributed by atoms with Gasteiger partial charge in [-0.2, -0.15) is 0 Å². The van der Waals surface area contributed by atoms with Crippen molar-refractivity contribution in [2.45, 2.75) is 39.0 Å². The molecule has 3 heterocycles. The maximum absolute atomic E-state index is 13.0. The van der Waals surface area contributed by atoms with Gasteiger partial charge in [0.2, 0.25) is 0 Å². The fraction of sp³-hybridized carbons (Fsp3) is 0.367. The summed E-state index contributed by atoms with van der Waals surface area (Å²) in [6.07, 6.45) is 7.25. The lowest BCUT2D eigenvalue weighted by Crippen LogP contribution is -2.37. The molecule has 35 heavy (non-hydrogen) atoms. The van der Waals surface area contributed by atoms with E-state index in [9.17, 15) is 4.79 Å². The molecule has 1 aliphatic carbocycles. The monoisotopic (exact) mass is 468 g/mol. The maximum Gasteiger partial charge on any atom is 0.256 e. The van der Waals surface area contributed by atoms with Gasteiger partial charge in [0.25, 0.3) is 5.91 Å². The van der Waals surface area contributed by atoms with Gasteiger partial charge in [0.15, 0.2) is 0 Å². The van der Waals surface area contributed by atoms with Crippen molar-refractivity contribution in [2.75, 3.05) is 38.2 Å². The molecule has 0 radical (unpaired) electrons. The second-order valence-electron chi connectivity index (χ2n) is 9.91. The Bertz CT molecular complexity index is 1280. The summed E-state index contributed by atoms with van der Waals surface area (Å²) in [7, 11) is 0. The number of rotatable bonds is 5. The lowest BCUT2D eigenvalue weighted by atomic mass is 9.90. The fourth-order valence-electron chi connectivity index (χ4n) is 5.50. The Hall–Kier alpha value is -3.15. The predicted molar refractivity (Wildman–Crippen MR) is 139 cm³/mol. The Labute approximate surface area is 206 Å². The van der Waals surface area contributed by atoms with Crippen molar-refractivity contribution in [2.24, 2.45) is 0 Å². The van der Waals surface area contributed by atoms with Crippen LogP contribution in [0.5, 0.6) is 0 Å². The topological polar surface area (TPSA) is 54.7 Å². The van der Waals surface area contributed by atoms with E-state index in [2.05, 4.69) is 53.5 Å². The van der Waals surface area contributed by atoms with E-state index in [-0.39, 0.29) is 5.91 Å². The highest BCUT2D eigenvalue weighted by Gasteiger charge is 2.28. The number of hydrogen-bond acceptors (Lipinski definition) is 4. The third-order valence-corrected chi connectivity index (χ3v) is 7.50. The molecule has 1 aromatic heterocycles. The van der Waals surface area contributed by atoms with Gasteiger partial charge in [-0.1, -0.05) is 35.9 Å². The van der Waals surface area contributed by atoms with E-state index in [1.165, 1.54) is 23.1 Å². The van der Waals surface area contributed by atoms with Gasteiger partial charge in [0.05, 0.1) is 18.8 Å². The summed E-state index contributed by atoms with van der Waals surface area (Å²) < 4.78 is 11.9. The summed E-state index contributed by atoms with van der Waals surface area (Å²) in [5.41, 5.74) is 8.64. The lowest BCUT2D eigenvalue weighted by molar-refractivity contribution is -0.110.